The molecule has 0 aromatic rings. The summed E-state index contributed by atoms with van der Waals surface area (Å²) in [6.45, 7) is 3.87. The number of ketones is 1. The van der Waals surface area contributed by atoms with E-state index in [1.807, 2.05) is 0 Å². The molecule has 0 saturated heterocycles. The van der Waals surface area contributed by atoms with Crippen LogP contribution in [-0.4, -0.2) is 29.6 Å². The van der Waals surface area contributed by atoms with Gasteiger partial charge in [-0.05, 0) is 13.3 Å². The van der Waals surface area contributed by atoms with E-state index < -0.39 is 17.9 Å². The molecule has 0 saturated carbocycles. The second-order valence-electron chi connectivity index (χ2n) is 3.45. The minimum atomic E-state index is -1.19. The topological polar surface area (TPSA) is 63.6 Å². The Balaban J connectivity index is 3.73. The molecule has 15 heavy (non-hydrogen) atoms. The van der Waals surface area contributed by atoms with E-state index in [9.17, 15) is 14.7 Å². The summed E-state index contributed by atoms with van der Waals surface area (Å²) in [5, 5.41) is 9.36. The standard InChI is InChI=1S/C11H20O4/c1-3-5-6-7-8-9(12)10(13)11(14)15-4-2/h9,12H,3-8H2,1-2H3. The van der Waals surface area contributed by atoms with Gasteiger partial charge in [-0.1, -0.05) is 32.6 Å². The molecule has 4 heteroatoms. The van der Waals surface area contributed by atoms with E-state index in [0.717, 1.165) is 25.7 Å². The van der Waals surface area contributed by atoms with Crippen LogP contribution in [-0.2, 0) is 14.3 Å². The lowest BCUT2D eigenvalue weighted by Gasteiger charge is -2.07. The van der Waals surface area contributed by atoms with Gasteiger partial charge >= 0.3 is 5.97 Å². The molecule has 0 aromatic carbocycles. The molecule has 0 spiro atoms. The van der Waals surface area contributed by atoms with Crippen LogP contribution in [0.1, 0.15) is 46.0 Å². The molecule has 0 amide bonds. The first-order chi connectivity index (χ1) is 7.13. The van der Waals surface area contributed by atoms with Crippen molar-refractivity contribution in [2.45, 2.75) is 52.1 Å². The zero-order valence-corrected chi connectivity index (χ0v) is 9.49. The van der Waals surface area contributed by atoms with Crippen molar-refractivity contribution in [2.75, 3.05) is 6.61 Å². The van der Waals surface area contributed by atoms with E-state index in [4.69, 9.17) is 0 Å². The van der Waals surface area contributed by atoms with E-state index in [0.29, 0.717) is 6.42 Å². The maximum absolute atomic E-state index is 11.2. The van der Waals surface area contributed by atoms with E-state index in [1.54, 1.807) is 6.92 Å². The van der Waals surface area contributed by atoms with Crippen LogP contribution in [0.3, 0.4) is 0 Å². The van der Waals surface area contributed by atoms with Crippen LogP contribution in [0.2, 0.25) is 0 Å². The first-order valence-electron chi connectivity index (χ1n) is 5.52. The van der Waals surface area contributed by atoms with Gasteiger partial charge in [-0.15, -0.1) is 0 Å². The molecule has 0 aliphatic carbocycles. The van der Waals surface area contributed by atoms with Crippen molar-refractivity contribution in [1.82, 2.24) is 0 Å². The third kappa shape index (κ3) is 6.23. The van der Waals surface area contributed by atoms with Crippen molar-refractivity contribution in [3.63, 3.8) is 0 Å². The quantitative estimate of drug-likeness (QED) is 0.379. The van der Waals surface area contributed by atoms with Crippen LogP contribution in [0.4, 0.5) is 0 Å². The van der Waals surface area contributed by atoms with Gasteiger partial charge in [-0.3, -0.25) is 4.79 Å². The van der Waals surface area contributed by atoms with Crippen LogP contribution >= 0.6 is 0 Å². The summed E-state index contributed by atoms with van der Waals surface area (Å²) in [5.74, 6) is -1.76. The summed E-state index contributed by atoms with van der Waals surface area (Å²) >= 11 is 0. The summed E-state index contributed by atoms with van der Waals surface area (Å²) < 4.78 is 4.50. The van der Waals surface area contributed by atoms with Gasteiger partial charge in [-0.25, -0.2) is 4.79 Å². The van der Waals surface area contributed by atoms with Crippen LogP contribution in [0.25, 0.3) is 0 Å². The van der Waals surface area contributed by atoms with Gasteiger partial charge < -0.3 is 9.84 Å². The first-order valence-corrected chi connectivity index (χ1v) is 5.52. The predicted octanol–water partition coefficient (Wildman–Crippen LogP) is 1.45. The van der Waals surface area contributed by atoms with E-state index >= 15 is 0 Å². The molecule has 4 nitrogen and oxygen atoms in total. The lowest BCUT2D eigenvalue weighted by atomic mass is 10.1. The van der Waals surface area contributed by atoms with E-state index in [2.05, 4.69) is 11.7 Å². The minimum Gasteiger partial charge on any atom is -0.460 e. The molecule has 0 heterocycles. The Morgan fingerprint density at radius 2 is 1.87 bits per heavy atom. The number of hydrogen-bond donors (Lipinski definition) is 1. The number of carbonyl (C=O) groups is 2. The number of aliphatic hydroxyl groups is 1. The molecule has 0 aromatic heterocycles. The van der Waals surface area contributed by atoms with Crippen LogP contribution < -0.4 is 0 Å². The fourth-order valence-electron chi connectivity index (χ4n) is 1.23. The Kier molecular flexibility index (Phi) is 7.91. The van der Waals surface area contributed by atoms with Gasteiger partial charge in [-0.2, -0.15) is 0 Å². The van der Waals surface area contributed by atoms with Crippen LogP contribution in [0.15, 0.2) is 0 Å². The lowest BCUT2D eigenvalue weighted by molar-refractivity contribution is -0.157. The number of aliphatic hydroxyl groups excluding tert-OH is 1. The highest BCUT2D eigenvalue weighted by Gasteiger charge is 2.23. The average molecular weight is 216 g/mol. The molecular formula is C11H20O4. The summed E-state index contributed by atoms with van der Waals surface area (Å²) in [5.41, 5.74) is 0. The van der Waals surface area contributed by atoms with Crippen molar-refractivity contribution < 1.29 is 19.4 Å². The van der Waals surface area contributed by atoms with E-state index in [1.165, 1.54) is 0 Å². The molecule has 0 rings (SSSR count). The molecule has 1 unspecified atom stereocenters. The zero-order valence-electron chi connectivity index (χ0n) is 9.49. The summed E-state index contributed by atoms with van der Waals surface area (Å²) in [7, 11) is 0. The normalized spacial score (nSPS) is 12.2. The predicted molar refractivity (Wildman–Crippen MR) is 56.4 cm³/mol. The molecule has 0 bridgehead atoms. The van der Waals surface area contributed by atoms with Crippen molar-refractivity contribution >= 4 is 11.8 Å². The van der Waals surface area contributed by atoms with Gasteiger partial charge in [0.25, 0.3) is 5.78 Å². The summed E-state index contributed by atoms with van der Waals surface area (Å²) in [6.07, 6.45) is 3.07. The highest BCUT2D eigenvalue weighted by molar-refractivity contribution is 6.35. The molecule has 0 radical (unpaired) electrons. The number of hydrogen-bond acceptors (Lipinski definition) is 4. The van der Waals surface area contributed by atoms with Gasteiger partial charge in [0.15, 0.2) is 0 Å². The highest BCUT2D eigenvalue weighted by Crippen LogP contribution is 2.06. The number of esters is 1. The molecule has 1 N–H and O–H groups in total. The minimum absolute atomic E-state index is 0.160. The third-order valence-electron chi connectivity index (χ3n) is 2.11. The Morgan fingerprint density at radius 1 is 1.20 bits per heavy atom. The SMILES string of the molecule is CCCCCCC(O)C(=O)C(=O)OCC. The number of rotatable bonds is 8. The fraction of sp³-hybridized carbons (Fsp3) is 0.818. The highest BCUT2D eigenvalue weighted by atomic mass is 16.5. The molecular weight excluding hydrogens is 196 g/mol. The smallest absolute Gasteiger partial charge is 0.377 e. The largest absolute Gasteiger partial charge is 0.460 e. The monoisotopic (exact) mass is 216 g/mol. The third-order valence-corrected chi connectivity index (χ3v) is 2.11. The molecule has 0 aliphatic heterocycles. The number of carbonyl (C=O) groups excluding carboxylic acids is 2. The zero-order chi connectivity index (χ0) is 11.7. The Labute approximate surface area is 90.6 Å². The van der Waals surface area contributed by atoms with Gasteiger partial charge in [0.2, 0.25) is 0 Å². The van der Waals surface area contributed by atoms with Crippen LogP contribution in [0.5, 0.6) is 0 Å². The van der Waals surface area contributed by atoms with Gasteiger partial charge in [0.1, 0.15) is 6.10 Å². The van der Waals surface area contributed by atoms with Crippen molar-refractivity contribution in [1.29, 1.82) is 0 Å². The van der Waals surface area contributed by atoms with Gasteiger partial charge in [0.05, 0.1) is 6.61 Å². The summed E-state index contributed by atoms with van der Waals surface area (Å²) in [4.78, 5) is 22.1. The van der Waals surface area contributed by atoms with Crippen molar-refractivity contribution in [3.8, 4) is 0 Å². The Bertz CT molecular complexity index is 201. The van der Waals surface area contributed by atoms with Crippen molar-refractivity contribution in [2.24, 2.45) is 0 Å². The molecule has 1 atom stereocenters. The van der Waals surface area contributed by atoms with E-state index in [-0.39, 0.29) is 6.61 Å². The summed E-state index contributed by atoms with van der Waals surface area (Å²) in [6, 6.07) is 0. The lowest BCUT2D eigenvalue weighted by Crippen LogP contribution is -2.30. The molecule has 0 aliphatic rings. The Morgan fingerprint density at radius 3 is 2.40 bits per heavy atom. The first kappa shape index (κ1) is 14.1. The molecule has 88 valence electrons. The Hall–Kier alpha value is -0.900. The molecule has 0 fully saturated rings. The number of Topliss-reactive ketones (excluding diaryl/α,β-unsaturated/α-hetero) is 1. The van der Waals surface area contributed by atoms with Gasteiger partial charge in [0, 0.05) is 0 Å². The van der Waals surface area contributed by atoms with Crippen LogP contribution in [0, 0.1) is 0 Å². The van der Waals surface area contributed by atoms with Crippen molar-refractivity contribution in [3.05, 3.63) is 0 Å². The second-order valence-corrected chi connectivity index (χ2v) is 3.45. The average Bonchev–Trinajstić information content (AvgIpc) is 2.23. The number of ether oxygens (including phenoxy) is 1. The fourth-order valence-corrected chi connectivity index (χ4v) is 1.23. The maximum Gasteiger partial charge on any atom is 0.377 e. The number of unbranched alkanes of at least 4 members (excludes halogenated alkanes) is 3. The maximum atomic E-state index is 11.2. The second kappa shape index (κ2) is 8.41.